The molecule has 1 aromatic rings. The predicted molar refractivity (Wildman–Crippen MR) is 86.2 cm³/mol. The molecule has 1 aliphatic heterocycles. The molecule has 1 aliphatic rings. The van der Waals surface area contributed by atoms with Crippen molar-refractivity contribution in [2.24, 2.45) is 7.05 Å². The molecule has 0 aromatic carbocycles. The third-order valence-electron chi connectivity index (χ3n) is 3.96. The number of aryl methyl sites for hydroxylation is 1. The van der Waals surface area contributed by atoms with Crippen LogP contribution in [-0.4, -0.2) is 58.3 Å². The summed E-state index contributed by atoms with van der Waals surface area (Å²) in [5.41, 5.74) is 1.05. The SMILES string of the molecule is CCCNC(c1c(Br)nnn1C)C1CN(C(C)C)CCO1. The number of halogens is 1. The molecule has 0 saturated carbocycles. The third kappa shape index (κ3) is 4.03. The van der Waals surface area contributed by atoms with Crippen molar-refractivity contribution in [2.75, 3.05) is 26.2 Å². The summed E-state index contributed by atoms with van der Waals surface area (Å²) in [5.74, 6) is 0. The molecule has 0 radical (unpaired) electrons. The van der Waals surface area contributed by atoms with Crippen LogP contribution in [0.4, 0.5) is 0 Å². The number of nitrogens with one attached hydrogen (secondary N) is 1. The summed E-state index contributed by atoms with van der Waals surface area (Å²) in [6.45, 7) is 10.3. The van der Waals surface area contributed by atoms with E-state index in [2.05, 4.69) is 57.2 Å². The van der Waals surface area contributed by atoms with Crippen LogP contribution < -0.4 is 5.32 Å². The lowest BCUT2D eigenvalue weighted by molar-refractivity contribution is -0.0573. The summed E-state index contributed by atoms with van der Waals surface area (Å²) in [4.78, 5) is 2.46. The zero-order valence-electron chi connectivity index (χ0n) is 13.3. The molecule has 7 heteroatoms. The van der Waals surface area contributed by atoms with E-state index >= 15 is 0 Å². The van der Waals surface area contributed by atoms with Gasteiger partial charge in [0.1, 0.15) is 0 Å². The van der Waals surface area contributed by atoms with Crippen LogP contribution in [0.25, 0.3) is 0 Å². The Bertz CT molecular complexity index is 431. The van der Waals surface area contributed by atoms with Gasteiger partial charge in [-0.1, -0.05) is 12.1 Å². The van der Waals surface area contributed by atoms with E-state index in [1.165, 1.54) is 0 Å². The number of aromatic nitrogens is 3. The average molecular weight is 360 g/mol. The highest BCUT2D eigenvalue weighted by molar-refractivity contribution is 9.10. The molecule has 1 N–H and O–H groups in total. The standard InChI is InChI=1S/C14H26BrN5O/c1-5-6-16-12(13-14(15)17-18-19(13)4)11-9-20(10(2)3)7-8-21-11/h10-12,16H,5-9H2,1-4H3. The van der Waals surface area contributed by atoms with Crippen molar-refractivity contribution in [3.8, 4) is 0 Å². The molecule has 1 aromatic heterocycles. The molecule has 2 atom stereocenters. The second-order valence-electron chi connectivity index (χ2n) is 5.82. The van der Waals surface area contributed by atoms with Gasteiger partial charge < -0.3 is 10.1 Å². The molecule has 0 spiro atoms. The molecule has 2 heterocycles. The Morgan fingerprint density at radius 1 is 1.48 bits per heavy atom. The van der Waals surface area contributed by atoms with Crippen LogP contribution in [-0.2, 0) is 11.8 Å². The number of nitrogens with zero attached hydrogens (tertiary/aromatic N) is 4. The van der Waals surface area contributed by atoms with Gasteiger partial charge in [0.2, 0.25) is 0 Å². The first kappa shape index (κ1) is 16.9. The summed E-state index contributed by atoms with van der Waals surface area (Å²) in [6, 6.07) is 0.636. The summed E-state index contributed by atoms with van der Waals surface area (Å²) in [5, 5.41) is 11.8. The van der Waals surface area contributed by atoms with E-state index in [4.69, 9.17) is 4.74 Å². The summed E-state index contributed by atoms with van der Waals surface area (Å²) in [7, 11) is 1.93. The summed E-state index contributed by atoms with van der Waals surface area (Å²) < 4.78 is 8.68. The van der Waals surface area contributed by atoms with E-state index in [0.717, 1.165) is 43.0 Å². The number of ether oxygens (including phenoxy) is 1. The topological polar surface area (TPSA) is 55.2 Å². The van der Waals surface area contributed by atoms with Crippen LogP contribution in [0.3, 0.4) is 0 Å². The third-order valence-corrected chi connectivity index (χ3v) is 4.53. The molecule has 1 fully saturated rings. The van der Waals surface area contributed by atoms with Crippen molar-refractivity contribution in [1.82, 2.24) is 25.2 Å². The molecule has 2 unspecified atom stereocenters. The Morgan fingerprint density at radius 3 is 2.81 bits per heavy atom. The van der Waals surface area contributed by atoms with Gasteiger partial charge in [-0.05, 0) is 42.7 Å². The smallest absolute Gasteiger partial charge is 0.153 e. The van der Waals surface area contributed by atoms with Gasteiger partial charge in [-0.15, -0.1) is 5.10 Å². The van der Waals surface area contributed by atoms with Gasteiger partial charge in [0.15, 0.2) is 4.60 Å². The minimum Gasteiger partial charge on any atom is -0.374 e. The quantitative estimate of drug-likeness (QED) is 0.837. The molecule has 21 heavy (non-hydrogen) atoms. The van der Waals surface area contributed by atoms with Crippen LogP contribution in [0.2, 0.25) is 0 Å². The molecular weight excluding hydrogens is 334 g/mol. The Hall–Kier alpha value is -0.500. The summed E-state index contributed by atoms with van der Waals surface area (Å²) >= 11 is 3.52. The summed E-state index contributed by atoms with van der Waals surface area (Å²) in [6.07, 6.45) is 1.20. The Balaban J connectivity index is 2.19. The molecule has 2 rings (SSSR count). The first-order valence-corrected chi connectivity index (χ1v) is 8.48. The highest BCUT2D eigenvalue weighted by Gasteiger charge is 2.33. The Morgan fingerprint density at radius 2 is 2.24 bits per heavy atom. The average Bonchev–Trinajstić information content (AvgIpc) is 2.80. The number of morpholine rings is 1. The second kappa shape index (κ2) is 7.67. The lowest BCUT2D eigenvalue weighted by atomic mass is 10.0. The van der Waals surface area contributed by atoms with Gasteiger partial charge >= 0.3 is 0 Å². The normalized spacial score (nSPS) is 21.9. The Labute approximate surface area is 135 Å². The van der Waals surface area contributed by atoms with Crippen LogP contribution >= 0.6 is 15.9 Å². The molecule has 0 amide bonds. The first-order valence-electron chi connectivity index (χ1n) is 7.68. The van der Waals surface area contributed by atoms with Crippen molar-refractivity contribution in [3.05, 3.63) is 10.3 Å². The maximum absolute atomic E-state index is 6.06. The fraction of sp³-hybridized carbons (Fsp3) is 0.857. The molecule has 0 aliphatic carbocycles. The van der Waals surface area contributed by atoms with E-state index in [-0.39, 0.29) is 12.1 Å². The van der Waals surface area contributed by atoms with E-state index in [1.807, 2.05) is 11.7 Å². The minimum absolute atomic E-state index is 0.0980. The predicted octanol–water partition coefficient (Wildman–Crippen LogP) is 1.73. The number of rotatable bonds is 6. The zero-order valence-corrected chi connectivity index (χ0v) is 14.9. The Kier molecular flexibility index (Phi) is 6.16. The van der Waals surface area contributed by atoms with Crippen LogP contribution in [0.15, 0.2) is 4.60 Å². The lowest BCUT2D eigenvalue weighted by Gasteiger charge is -2.39. The first-order chi connectivity index (χ1) is 10.0. The van der Waals surface area contributed by atoms with Crippen molar-refractivity contribution in [2.45, 2.75) is 45.4 Å². The maximum atomic E-state index is 6.06. The van der Waals surface area contributed by atoms with Gasteiger partial charge in [0.05, 0.1) is 24.4 Å². The largest absolute Gasteiger partial charge is 0.374 e. The zero-order chi connectivity index (χ0) is 15.4. The van der Waals surface area contributed by atoms with Crippen molar-refractivity contribution < 1.29 is 4.74 Å². The van der Waals surface area contributed by atoms with Gasteiger partial charge in [-0.2, -0.15) is 0 Å². The molecule has 120 valence electrons. The van der Waals surface area contributed by atoms with Crippen LogP contribution in [0, 0.1) is 0 Å². The van der Waals surface area contributed by atoms with Crippen LogP contribution in [0.1, 0.15) is 38.9 Å². The monoisotopic (exact) mass is 359 g/mol. The maximum Gasteiger partial charge on any atom is 0.153 e. The van der Waals surface area contributed by atoms with Crippen molar-refractivity contribution in [1.29, 1.82) is 0 Å². The fourth-order valence-corrected chi connectivity index (χ4v) is 3.31. The van der Waals surface area contributed by atoms with Crippen molar-refractivity contribution in [3.63, 3.8) is 0 Å². The fourth-order valence-electron chi connectivity index (χ4n) is 2.74. The highest BCUT2D eigenvalue weighted by Crippen LogP contribution is 2.27. The van der Waals surface area contributed by atoms with Gasteiger partial charge in [-0.25, -0.2) is 4.68 Å². The van der Waals surface area contributed by atoms with E-state index < -0.39 is 0 Å². The van der Waals surface area contributed by atoms with Crippen LogP contribution in [0.5, 0.6) is 0 Å². The van der Waals surface area contributed by atoms with Gasteiger partial charge in [0, 0.05) is 26.2 Å². The molecular formula is C14H26BrN5O. The molecule has 6 nitrogen and oxygen atoms in total. The highest BCUT2D eigenvalue weighted by atomic mass is 79.9. The minimum atomic E-state index is 0.0980. The van der Waals surface area contributed by atoms with E-state index in [0.29, 0.717) is 6.04 Å². The van der Waals surface area contributed by atoms with E-state index in [9.17, 15) is 0 Å². The van der Waals surface area contributed by atoms with Gasteiger partial charge in [0.25, 0.3) is 0 Å². The second-order valence-corrected chi connectivity index (χ2v) is 6.57. The molecule has 0 bridgehead atoms. The van der Waals surface area contributed by atoms with E-state index in [1.54, 1.807) is 0 Å². The van der Waals surface area contributed by atoms with Gasteiger partial charge in [-0.3, -0.25) is 4.90 Å². The number of hydrogen-bond donors (Lipinski definition) is 1. The number of hydrogen-bond acceptors (Lipinski definition) is 5. The molecule has 1 saturated heterocycles. The van der Waals surface area contributed by atoms with Crippen molar-refractivity contribution >= 4 is 15.9 Å². The lowest BCUT2D eigenvalue weighted by Crippen LogP contribution is -2.50.